The fourth-order valence-corrected chi connectivity index (χ4v) is 2.40. The lowest BCUT2D eigenvalue weighted by atomic mass is 9.87. The van der Waals surface area contributed by atoms with Crippen LogP contribution in [0.1, 0.15) is 30.5 Å². The summed E-state index contributed by atoms with van der Waals surface area (Å²) in [6, 6.07) is 15.4. The van der Waals surface area contributed by atoms with Crippen molar-refractivity contribution < 1.29 is 5.11 Å². The van der Waals surface area contributed by atoms with Gasteiger partial charge in [-0.15, -0.1) is 0 Å². The largest absolute Gasteiger partial charge is 0.381 e. The van der Waals surface area contributed by atoms with E-state index in [9.17, 15) is 5.11 Å². The minimum absolute atomic E-state index is 0.585. The maximum absolute atomic E-state index is 10.7. The molecule has 0 spiro atoms. The lowest BCUT2D eigenvalue weighted by Gasteiger charge is -2.25. The quantitative estimate of drug-likeness (QED) is 0.879. The zero-order chi connectivity index (χ0) is 13.2. The zero-order valence-corrected chi connectivity index (χ0v) is 11.4. The Hall–Kier alpha value is -1.31. The van der Waals surface area contributed by atoms with Gasteiger partial charge in [0.05, 0.1) is 0 Å². The van der Waals surface area contributed by atoms with Crippen molar-refractivity contribution in [3.8, 4) is 0 Å². The molecule has 2 aromatic carbocycles. The Morgan fingerprint density at radius 2 is 1.67 bits per heavy atom. The van der Waals surface area contributed by atoms with E-state index >= 15 is 0 Å². The van der Waals surface area contributed by atoms with Gasteiger partial charge in [0.15, 0.2) is 0 Å². The molecule has 0 aliphatic rings. The molecule has 18 heavy (non-hydrogen) atoms. The van der Waals surface area contributed by atoms with E-state index in [0.29, 0.717) is 5.02 Å². The molecule has 0 radical (unpaired) electrons. The van der Waals surface area contributed by atoms with Crippen molar-refractivity contribution in [2.24, 2.45) is 0 Å². The molecule has 2 heteroatoms. The number of aryl methyl sites for hydroxylation is 1. The zero-order valence-electron chi connectivity index (χ0n) is 10.7. The lowest BCUT2D eigenvalue weighted by molar-refractivity contribution is 0.102. The van der Waals surface area contributed by atoms with Crippen LogP contribution in [0.15, 0.2) is 48.5 Å². The smallest absolute Gasteiger partial charge is 0.113 e. The summed E-state index contributed by atoms with van der Waals surface area (Å²) in [5, 5.41) is 11.3. The van der Waals surface area contributed by atoms with Gasteiger partial charge in [-0.05, 0) is 30.5 Å². The third kappa shape index (κ3) is 2.43. The van der Waals surface area contributed by atoms with Gasteiger partial charge in [-0.2, -0.15) is 0 Å². The van der Waals surface area contributed by atoms with Crippen LogP contribution >= 0.6 is 11.6 Å². The van der Waals surface area contributed by atoms with Crippen molar-refractivity contribution in [2.75, 3.05) is 0 Å². The standard InChI is InChI=1S/C16H17ClO/c1-3-12-8-10-13(11-9-12)16(2,18)14-6-4-5-7-15(14)17/h4-11,18H,3H2,1-2H3. The fraction of sp³-hybridized carbons (Fsp3) is 0.250. The number of hydrogen-bond donors (Lipinski definition) is 1. The number of aliphatic hydroxyl groups is 1. The second kappa shape index (κ2) is 5.13. The number of hydrogen-bond acceptors (Lipinski definition) is 1. The highest BCUT2D eigenvalue weighted by Crippen LogP contribution is 2.33. The van der Waals surface area contributed by atoms with Gasteiger partial charge >= 0.3 is 0 Å². The molecule has 0 aliphatic heterocycles. The molecule has 1 nitrogen and oxygen atoms in total. The van der Waals surface area contributed by atoms with Gasteiger partial charge in [0.2, 0.25) is 0 Å². The van der Waals surface area contributed by atoms with Crippen molar-refractivity contribution in [3.63, 3.8) is 0 Å². The monoisotopic (exact) mass is 260 g/mol. The molecule has 0 fully saturated rings. The Kier molecular flexibility index (Phi) is 3.74. The third-order valence-electron chi connectivity index (χ3n) is 3.32. The molecular weight excluding hydrogens is 244 g/mol. The van der Waals surface area contributed by atoms with Gasteiger partial charge in [-0.3, -0.25) is 0 Å². The van der Waals surface area contributed by atoms with E-state index in [1.54, 1.807) is 13.0 Å². The number of halogens is 1. The summed E-state index contributed by atoms with van der Waals surface area (Å²) in [5.74, 6) is 0. The molecule has 0 aromatic heterocycles. The third-order valence-corrected chi connectivity index (χ3v) is 3.65. The minimum atomic E-state index is -1.06. The first-order valence-electron chi connectivity index (χ1n) is 6.12. The van der Waals surface area contributed by atoms with Crippen molar-refractivity contribution in [3.05, 3.63) is 70.2 Å². The van der Waals surface area contributed by atoms with E-state index in [0.717, 1.165) is 17.5 Å². The van der Waals surface area contributed by atoms with Gasteiger partial charge < -0.3 is 5.11 Å². The molecule has 1 N–H and O–H groups in total. The van der Waals surface area contributed by atoms with E-state index in [-0.39, 0.29) is 0 Å². The maximum Gasteiger partial charge on any atom is 0.113 e. The fourth-order valence-electron chi connectivity index (χ4n) is 2.08. The van der Waals surface area contributed by atoms with Crippen LogP contribution in [-0.4, -0.2) is 5.11 Å². The van der Waals surface area contributed by atoms with Crippen molar-refractivity contribution in [1.29, 1.82) is 0 Å². The minimum Gasteiger partial charge on any atom is -0.381 e. The van der Waals surface area contributed by atoms with Crippen LogP contribution in [0.4, 0.5) is 0 Å². The first-order valence-corrected chi connectivity index (χ1v) is 6.50. The Labute approximate surface area is 113 Å². The second-order valence-corrected chi connectivity index (χ2v) is 5.01. The summed E-state index contributed by atoms with van der Waals surface area (Å²) in [7, 11) is 0. The summed E-state index contributed by atoms with van der Waals surface area (Å²) >= 11 is 6.16. The average molecular weight is 261 g/mol. The summed E-state index contributed by atoms with van der Waals surface area (Å²) in [5.41, 5.74) is 1.78. The molecule has 2 aromatic rings. The van der Waals surface area contributed by atoms with Crippen molar-refractivity contribution in [2.45, 2.75) is 25.9 Å². The first-order chi connectivity index (χ1) is 8.55. The predicted octanol–water partition coefficient (Wildman–Crippen LogP) is 4.16. The molecule has 0 heterocycles. The highest BCUT2D eigenvalue weighted by Gasteiger charge is 2.27. The average Bonchev–Trinajstić information content (AvgIpc) is 2.39. The lowest BCUT2D eigenvalue weighted by Crippen LogP contribution is -2.23. The molecule has 0 amide bonds. The molecule has 2 rings (SSSR count). The van der Waals surface area contributed by atoms with Crippen LogP contribution in [-0.2, 0) is 12.0 Å². The molecule has 0 aliphatic carbocycles. The molecule has 0 saturated heterocycles. The molecule has 0 saturated carbocycles. The molecule has 0 bridgehead atoms. The van der Waals surface area contributed by atoms with E-state index < -0.39 is 5.60 Å². The summed E-state index contributed by atoms with van der Waals surface area (Å²) in [4.78, 5) is 0. The summed E-state index contributed by atoms with van der Waals surface area (Å²) < 4.78 is 0. The Balaban J connectivity index is 2.44. The summed E-state index contributed by atoms with van der Waals surface area (Å²) in [6.07, 6.45) is 0.995. The highest BCUT2D eigenvalue weighted by molar-refractivity contribution is 6.31. The van der Waals surface area contributed by atoms with Crippen LogP contribution in [0.5, 0.6) is 0 Å². The van der Waals surface area contributed by atoms with E-state index in [4.69, 9.17) is 11.6 Å². The van der Waals surface area contributed by atoms with Gasteiger partial charge in [-0.1, -0.05) is 61.0 Å². The Morgan fingerprint density at radius 1 is 1.06 bits per heavy atom. The maximum atomic E-state index is 10.7. The van der Waals surface area contributed by atoms with Gasteiger partial charge in [0.1, 0.15) is 5.60 Å². The highest BCUT2D eigenvalue weighted by atomic mass is 35.5. The van der Waals surface area contributed by atoms with Crippen molar-refractivity contribution >= 4 is 11.6 Å². The molecule has 1 unspecified atom stereocenters. The second-order valence-electron chi connectivity index (χ2n) is 4.60. The van der Waals surface area contributed by atoms with Gasteiger partial charge in [0.25, 0.3) is 0 Å². The molecule has 94 valence electrons. The predicted molar refractivity (Wildman–Crippen MR) is 75.9 cm³/mol. The van der Waals surface area contributed by atoms with Crippen LogP contribution < -0.4 is 0 Å². The van der Waals surface area contributed by atoms with Crippen LogP contribution in [0.2, 0.25) is 5.02 Å². The van der Waals surface area contributed by atoms with Crippen LogP contribution in [0.3, 0.4) is 0 Å². The summed E-state index contributed by atoms with van der Waals surface area (Å²) in [6.45, 7) is 3.89. The first kappa shape index (κ1) is 13.1. The SMILES string of the molecule is CCc1ccc(C(C)(O)c2ccccc2Cl)cc1. The van der Waals surface area contributed by atoms with Gasteiger partial charge in [-0.25, -0.2) is 0 Å². The topological polar surface area (TPSA) is 20.2 Å². The van der Waals surface area contributed by atoms with Gasteiger partial charge in [0, 0.05) is 10.6 Å². The number of rotatable bonds is 3. The van der Waals surface area contributed by atoms with E-state index in [1.807, 2.05) is 42.5 Å². The Morgan fingerprint density at radius 3 is 2.22 bits per heavy atom. The normalized spacial score (nSPS) is 14.2. The molecule has 1 atom stereocenters. The van der Waals surface area contributed by atoms with Crippen LogP contribution in [0, 0.1) is 0 Å². The molecular formula is C16H17ClO. The Bertz CT molecular complexity index is 529. The van der Waals surface area contributed by atoms with E-state index in [2.05, 4.69) is 6.92 Å². The van der Waals surface area contributed by atoms with Crippen molar-refractivity contribution in [1.82, 2.24) is 0 Å². The van der Waals surface area contributed by atoms with E-state index in [1.165, 1.54) is 5.56 Å². The van der Waals surface area contributed by atoms with Crippen LogP contribution in [0.25, 0.3) is 0 Å². The number of benzene rings is 2.